The molecule has 1 heterocycles. The minimum absolute atomic E-state index is 0.222. The predicted molar refractivity (Wildman–Crippen MR) is 60.9 cm³/mol. The number of fused-ring (bicyclic) bond motifs is 1. The molecule has 84 valence electrons. The molecular weight excluding hydrogens is 188 g/mol. The lowest BCUT2D eigenvalue weighted by atomic mass is 9.91. The van der Waals surface area contributed by atoms with Gasteiger partial charge in [-0.1, -0.05) is 6.92 Å². The van der Waals surface area contributed by atoms with Crippen LogP contribution in [0, 0.1) is 0 Å². The van der Waals surface area contributed by atoms with Crippen LogP contribution in [-0.4, -0.2) is 22.8 Å². The Kier molecular flexibility index (Phi) is 3.44. The van der Waals surface area contributed by atoms with E-state index in [-0.39, 0.29) is 6.61 Å². The molecule has 0 spiro atoms. The van der Waals surface area contributed by atoms with Gasteiger partial charge in [-0.15, -0.1) is 0 Å². The van der Waals surface area contributed by atoms with Gasteiger partial charge in [-0.05, 0) is 36.9 Å². The van der Waals surface area contributed by atoms with Crippen LogP contribution in [0.15, 0.2) is 12.4 Å². The van der Waals surface area contributed by atoms with Gasteiger partial charge in [0.15, 0.2) is 0 Å². The minimum atomic E-state index is 0.222. The molecule has 0 radical (unpaired) electrons. The van der Waals surface area contributed by atoms with Crippen LogP contribution < -0.4 is 5.32 Å². The number of aliphatic hydroxyl groups is 1. The molecule has 2 rings (SSSR count). The zero-order chi connectivity index (χ0) is 10.7. The van der Waals surface area contributed by atoms with Crippen molar-refractivity contribution in [2.45, 2.75) is 38.8 Å². The number of rotatable bonds is 4. The maximum Gasteiger partial charge on any atom is 0.0610 e. The van der Waals surface area contributed by atoms with Crippen LogP contribution in [0.5, 0.6) is 0 Å². The first-order valence-electron chi connectivity index (χ1n) is 5.88. The highest BCUT2D eigenvalue weighted by Crippen LogP contribution is 2.30. The van der Waals surface area contributed by atoms with Gasteiger partial charge < -0.3 is 15.0 Å². The highest BCUT2D eigenvalue weighted by atomic mass is 16.3. The molecule has 0 aliphatic heterocycles. The van der Waals surface area contributed by atoms with Crippen molar-refractivity contribution in [1.29, 1.82) is 0 Å². The molecular formula is C12H20N2O. The van der Waals surface area contributed by atoms with E-state index in [0.717, 1.165) is 6.54 Å². The fraction of sp³-hybridized carbons (Fsp3) is 0.667. The molecule has 0 fully saturated rings. The summed E-state index contributed by atoms with van der Waals surface area (Å²) in [5.74, 6) is 0. The zero-order valence-corrected chi connectivity index (χ0v) is 9.37. The summed E-state index contributed by atoms with van der Waals surface area (Å²) in [6.45, 7) is 4.11. The van der Waals surface area contributed by atoms with Crippen molar-refractivity contribution in [3.05, 3.63) is 23.5 Å². The van der Waals surface area contributed by atoms with Crippen molar-refractivity contribution in [1.82, 2.24) is 9.88 Å². The van der Waals surface area contributed by atoms with Crippen molar-refractivity contribution in [2.75, 3.05) is 13.2 Å². The van der Waals surface area contributed by atoms with E-state index >= 15 is 0 Å². The Balaban J connectivity index is 2.18. The lowest BCUT2D eigenvalue weighted by Gasteiger charge is -2.22. The molecule has 15 heavy (non-hydrogen) atoms. The smallest absolute Gasteiger partial charge is 0.0610 e. The third-order valence-corrected chi connectivity index (χ3v) is 3.12. The quantitative estimate of drug-likeness (QED) is 0.786. The molecule has 3 heteroatoms. The lowest BCUT2D eigenvalue weighted by Crippen LogP contribution is -2.23. The van der Waals surface area contributed by atoms with Gasteiger partial charge in [-0.3, -0.25) is 0 Å². The number of aryl methyl sites for hydroxylation is 1. The molecule has 0 saturated carbocycles. The van der Waals surface area contributed by atoms with Crippen LogP contribution in [0.25, 0.3) is 0 Å². The Morgan fingerprint density at radius 1 is 1.53 bits per heavy atom. The van der Waals surface area contributed by atoms with Gasteiger partial charge in [-0.25, -0.2) is 0 Å². The first kappa shape index (κ1) is 10.7. The summed E-state index contributed by atoms with van der Waals surface area (Å²) >= 11 is 0. The fourth-order valence-electron chi connectivity index (χ4n) is 2.45. The van der Waals surface area contributed by atoms with Gasteiger partial charge in [-0.2, -0.15) is 0 Å². The van der Waals surface area contributed by atoms with Crippen molar-refractivity contribution in [3.63, 3.8) is 0 Å². The first-order valence-corrected chi connectivity index (χ1v) is 5.88. The van der Waals surface area contributed by atoms with Crippen molar-refractivity contribution in [2.24, 2.45) is 0 Å². The van der Waals surface area contributed by atoms with E-state index in [1.165, 1.54) is 30.4 Å². The van der Waals surface area contributed by atoms with E-state index < -0.39 is 0 Å². The van der Waals surface area contributed by atoms with E-state index in [9.17, 15) is 0 Å². The van der Waals surface area contributed by atoms with Crippen LogP contribution >= 0.6 is 0 Å². The van der Waals surface area contributed by atoms with Crippen molar-refractivity contribution >= 4 is 0 Å². The minimum Gasteiger partial charge on any atom is -0.395 e. The Morgan fingerprint density at radius 3 is 3.13 bits per heavy atom. The molecule has 1 aliphatic rings. The number of nitrogens with zero attached hydrogens (tertiary/aromatic N) is 1. The fourth-order valence-corrected chi connectivity index (χ4v) is 2.45. The summed E-state index contributed by atoms with van der Waals surface area (Å²) < 4.78 is 2.11. The second-order valence-electron chi connectivity index (χ2n) is 4.20. The topological polar surface area (TPSA) is 37.2 Å². The molecule has 1 atom stereocenters. The van der Waals surface area contributed by atoms with Gasteiger partial charge in [0, 0.05) is 25.0 Å². The van der Waals surface area contributed by atoms with Crippen molar-refractivity contribution < 1.29 is 5.11 Å². The number of hydrogen-bond donors (Lipinski definition) is 2. The van der Waals surface area contributed by atoms with Gasteiger partial charge >= 0.3 is 0 Å². The van der Waals surface area contributed by atoms with Gasteiger partial charge in [0.05, 0.1) is 6.61 Å². The molecule has 1 aromatic rings. The van der Waals surface area contributed by atoms with E-state index in [0.29, 0.717) is 12.6 Å². The third kappa shape index (κ3) is 2.24. The Bertz CT molecular complexity index is 319. The largest absolute Gasteiger partial charge is 0.395 e. The summed E-state index contributed by atoms with van der Waals surface area (Å²) in [5.41, 5.74) is 2.90. The second-order valence-corrected chi connectivity index (χ2v) is 4.20. The number of hydrogen-bond acceptors (Lipinski definition) is 2. The SMILES string of the molecule is CCNC1CCCc2cn(CCO)cc21. The van der Waals surface area contributed by atoms with E-state index in [2.05, 4.69) is 29.2 Å². The summed E-state index contributed by atoms with van der Waals surface area (Å²) in [7, 11) is 0. The van der Waals surface area contributed by atoms with Crippen LogP contribution in [-0.2, 0) is 13.0 Å². The Hall–Kier alpha value is -0.800. The summed E-state index contributed by atoms with van der Waals surface area (Å²) in [6.07, 6.45) is 8.08. The highest BCUT2D eigenvalue weighted by Gasteiger charge is 2.20. The maximum atomic E-state index is 8.91. The average Bonchev–Trinajstić information content (AvgIpc) is 2.62. The molecule has 1 aliphatic carbocycles. The highest BCUT2D eigenvalue weighted by molar-refractivity contribution is 5.30. The predicted octanol–water partition coefficient (Wildman–Crippen LogP) is 1.47. The number of aromatic nitrogens is 1. The monoisotopic (exact) mass is 208 g/mol. The first-order chi connectivity index (χ1) is 7.35. The molecule has 0 saturated heterocycles. The Labute approximate surface area is 91.1 Å². The lowest BCUT2D eigenvalue weighted by molar-refractivity contribution is 0.276. The molecule has 3 nitrogen and oxygen atoms in total. The van der Waals surface area contributed by atoms with Gasteiger partial charge in [0.25, 0.3) is 0 Å². The van der Waals surface area contributed by atoms with Crippen LogP contribution in [0.4, 0.5) is 0 Å². The molecule has 1 aromatic heterocycles. The number of aliphatic hydroxyl groups excluding tert-OH is 1. The second kappa shape index (κ2) is 4.81. The maximum absolute atomic E-state index is 8.91. The molecule has 0 bridgehead atoms. The molecule has 0 aromatic carbocycles. The molecule has 2 N–H and O–H groups in total. The third-order valence-electron chi connectivity index (χ3n) is 3.12. The van der Waals surface area contributed by atoms with Crippen molar-refractivity contribution in [3.8, 4) is 0 Å². The summed E-state index contributed by atoms with van der Waals surface area (Å²) in [5, 5.41) is 12.4. The standard InChI is InChI=1S/C12H20N2O/c1-2-13-12-5-3-4-10-8-14(6-7-15)9-11(10)12/h8-9,12-13,15H,2-7H2,1H3. The normalized spacial score (nSPS) is 20.3. The Morgan fingerprint density at radius 2 is 2.40 bits per heavy atom. The molecule has 1 unspecified atom stereocenters. The van der Waals surface area contributed by atoms with E-state index in [1.807, 2.05) is 0 Å². The van der Waals surface area contributed by atoms with Crippen LogP contribution in [0.3, 0.4) is 0 Å². The number of nitrogens with one attached hydrogen (secondary N) is 1. The van der Waals surface area contributed by atoms with Gasteiger partial charge in [0.2, 0.25) is 0 Å². The summed E-state index contributed by atoms with van der Waals surface area (Å²) in [4.78, 5) is 0. The van der Waals surface area contributed by atoms with E-state index in [4.69, 9.17) is 5.11 Å². The average molecular weight is 208 g/mol. The summed E-state index contributed by atoms with van der Waals surface area (Å²) in [6, 6.07) is 0.527. The molecule has 0 amide bonds. The zero-order valence-electron chi connectivity index (χ0n) is 9.37. The van der Waals surface area contributed by atoms with Crippen LogP contribution in [0.1, 0.15) is 36.9 Å². The van der Waals surface area contributed by atoms with Gasteiger partial charge in [0.1, 0.15) is 0 Å². The van der Waals surface area contributed by atoms with Crippen LogP contribution in [0.2, 0.25) is 0 Å². The van der Waals surface area contributed by atoms with E-state index in [1.54, 1.807) is 0 Å².